The van der Waals surface area contributed by atoms with Crippen molar-refractivity contribution in [2.75, 3.05) is 5.75 Å². The van der Waals surface area contributed by atoms with Crippen LogP contribution >= 0.6 is 27.7 Å². The molecule has 0 radical (unpaired) electrons. The molecular formula is C19H22BrNOS. The van der Waals surface area contributed by atoms with Crippen LogP contribution in [0.5, 0.6) is 0 Å². The SMILES string of the molecule is Cc1ccc(C)c([C@@H](C)NC(=O)CSCc2ccc(Br)cc2)c1. The number of hydrogen-bond acceptors (Lipinski definition) is 2. The van der Waals surface area contributed by atoms with E-state index in [-0.39, 0.29) is 11.9 Å². The zero-order valence-corrected chi connectivity index (χ0v) is 16.1. The zero-order chi connectivity index (χ0) is 16.8. The van der Waals surface area contributed by atoms with E-state index in [4.69, 9.17) is 0 Å². The highest BCUT2D eigenvalue weighted by molar-refractivity contribution is 9.10. The van der Waals surface area contributed by atoms with E-state index in [1.165, 1.54) is 22.3 Å². The molecule has 0 heterocycles. The standard InChI is InChI=1S/C19H22BrNOS/c1-13-4-5-14(2)18(10-13)15(3)21-19(22)12-23-11-16-6-8-17(20)9-7-16/h4-10,15H,11-12H2,1-3H3,(H,21,22)/t15-/m1/s1. The predicted molar refractivity (Wildman–Crippen MR) is 103 cm³/mol. The van der Waals surface area contributed by atoms with E-state index in [0.717, 1.165) is 10.2 Å². The third kappa shape index (κ3) is 5.70. The number of carbonyl (C=O) groups is 1. The summed E-state index contributed by atoms with van der Waals surface area (Å²) in [6.07, 6.45) is 0. The van der Waals surface area contributed by atoms with Gasteiger partial charge in [-0.25, -0.2) is 0 Å². The lowest BCUT2D eigenvalue weighted by Crippen LogP contribution is -2.28. The molecule has 0 aliphatic heterocycles. The molecule has 0 aromatic heterocycles. The van der Waals surface area contributed by atoms with Crippen molar-refractivity contribution in [1.82, 2.24) is 5.32 Å². The van der Waals surface area contributed by atoms with Crippen LogP contribution < -0.4 is 5.32 Å². The van der Waals surface area contributed by atoms with Gasteiger partial charge in [0.05, 0.1) is 11.8 Å². The molecular weight excluding hydrogens is 370 g/mol. The number of amides is 1. The largest absolute Gasteiger partial charge is 0.349 e. The van der Waals surface area contributed by atoms with Crippen molar-refractivity contribution in [2.45, 2.75) is 32.6 Å². The van der Waals surface area contributed by atoms with Crippen molar-refractivity contribution in [3.05, 3.63) is 69.2 Å². The Balaban J connectivity index is 1.82. The van der Waals surface area contributed by atoms with Gasteiger partial charge in [-0.2, -0.15) is 0 Å². The van der Waals surface area contributed by atoms with Gasteiger partial charge >= 0.3 is 0 Å². The lowest BCUT2D eigenvalue weighted by Gasteiger charge is -2.17. The van der Waals surface area contributed by atoms with E-state index in [0.29, 0.717) is 5.75 Å². The smallest absolute Gasteiger partial charge is 0.230 e. The number of nitrogens with one attached hydrogen (secondary N) is 1. The van der Waals surface area contributed by atoms with Crippen molar-refractivity contribution >= 4 is 33.6 Å². The average Bonchev–Trinajstić information content (AvgIpc) is 2.51. The molecule has 1 N–H and O–H groups in total. The molecule has 2 rings (SSSR count). The summed E-state index contributed by atoms with van der Waals surface area (Å²) in [6, 6.07) is 14.6. The molecule has 0 fully saturated rings. The summed E-state index contributed by atoms with van der Waals surface area (Å²) in [6.45, 7) is 6.20. The van der Waals surface area contributed by atoms with Gasteiger partial charge in [0.2, 0.25) is 5.91 Å². The Kier molecular flexibility index (Phi) is 6.72. The molecule has 0 saturated heterocycles. The van der Waals surface area contributed by atoms with Gasteiger partial charge < -0.3 is 5.32 Å². The molecule has 0 aliphatic rings. The molecule has 0 saturated carbocycles. The second-order valence-electron chi connectivity index (χ2n) is 5.77. The summed E-state index contributed by atoms with van der Waals surface area (Å²) < 4.78 is 1.08. The Morgan fingerprint density at radius 1 is 1.17 bits per heavy atom. The van der Waals surface area contributed by atoms with Gasteiger partial charge in [0, 0.05) is 10.2 Å². The van der Waals surface area contributed by atoms with E-state index < -0.39 is 0 Å². The van der Waals surface area contributed by atoms with Gasteiger partial charge in [-0.3, -0.25) is 4.79 Å². The minimum absolute atomic E-state index is 0.0377. The van der Waals surface area contributed by atoms with Crippen LogP contribution in [0.25, 0.3) is 0 Å². The lowest BCUT2D eigenvalue weighted by atomic mass is 10.00. The topological polar surface area (TPSA) is 29.1 Å². The second-order valence-corrected chi connectivity index (χ2v) is 7.67. The summed E-state index contributed by atoms with van der Waals surface area (Å²) >= 11 is 5.06. The van der Waals surface area contributed by atoms with Crippen LogP contribution in [0.1, 0.15) is 35.2 Å². The Morgan fingerprint density at radius 2 is 1.87 bits per heavy atom. The third-order valence-electron chi connectivity index (χ3n) is 3.69. The van der Waals surface area contributed by atoms with Gasteiger partial charge in [0.25, 0.3) is 0 Å². The first kappa shape index (κ1) is 18.1. The Morgan fingerprint density at radius 3 is 2.57 bits per heavy atom. The highest BCUT2D eigenvalue weighted by Crippen LogP contribution is 2.20. The van der Waals surface area contributed by atoms with Crippen LogP contribution in [-0.2, 0) is 10.5 Å². The highest BCUT2D eigenvalue weighted by atomic mass is 79.9. The summed E-state index contributed by atoms with van der Waals surface area (Å²) in [5.41, 5.74) is 4.85. The molecule has 0 spiro atoms. The predicted octanol–water partition coefficient (Wildman–Crippen LogP) is 5.18. The van der Waals surface area contributed by atoms with E-state index in [9.17, 15) is 4.79 Å². The number of halogens is 1. The minimum atomic E-state index is 0.0377. The van der Waals surface area contributed by atoms with E-state index >= 15 is 0 Å². The van der Waals surface area contributed by atoms with Gasteiger partial charge in [-0.15, -0.1) is 11.8 Å². The fraction of sp³-hybridized carbons (Fsp3) is 0.316. The van der Waals surface area contributed by atoms with Gasteiger partial charge in [0.1, 0.15) is 0 Å². The molecule has 23 heavy (non-hydrogen) atoms. The molecule has 0 unspecified atom stereocenters. The van der Waals surface area contributed by atoms with Crippen LogP contribution in [0.3, 0.4) is 0 Å². The maximum Gasteiger partial charge on any atom is 0.230 e. The van der Waals surface area contributed by atoms with Crippen molar-refractivity contribution < 1.29 is 4.79 Å². The number of thioether (sulfide) groups is 1. The highest BCUT2D eigenvalue weighted by Gasteiger charge is 2.12. The van der Waals surface area contributed by atoms with Crippen molar-refractivity contribution in [1.29, 1.82) is 0 Å². The third-order valence-corrected chi connectivity index (χ3v) is 5.23. The first-order valence-corrected chi connectivity index (χ1v) is 9.59. The fourth-order valence-electron chi connectivity index (χ4n) is 2.43. The molecule has 1 amide bonds. The second kappa shape index (κ2) is 8.55. The number of hydrogen-bond donors (Lipinski definition) is 1. The molecule has 2 nitrogen and oxygen atoms in total. The number of carbonyl (C=O) groups excluding carboxylic acids is 1. The zero-order valence-electron chi connectivity index (χ0n) is 13.7. The molecule has 0 aliphatic carbocycles. The van der Waals surface area contributed by atoms with Crippen LogP contribution in [0.2, 0.25) is 0 Å². The quantitative estimate of drug-likeness (QED) is 0.734. The fourth-order valence-corrected chi connectivity index (χ4v) is 3.49. The Bertz CT molecular complexity index is 670. The average molecular weight is 392 g/mol. The van der Waals surface area contributed by atoms with Crippen LogP contribution in [0.15, 0.2) is 46.9 Å². The monoisotopic (exact) mass is 391 g/mol. The van der Waals surface area contributed by atoms with E-state index in [1.807, 2.05) is 19.1 Å². The van der Waals surface area contributed by atoms with Gasteiger partial charge in [0.15, 0.2) is 0 Å². The van der Waals surface area contributed by atoms with Crippen LogP contribution in [0.4, 0.5) is 0 Å². The summed E-state index contributed by atoms with van der Waals surface area (Å²) in [4.78, 5) is 12.1. The van der Waals surface area contributed by atoms with Gasteiger partial charge in [-0.1, -0.05) is 51.8 Å². The van der Waals surface area contributed by atoms with Crippen LogP contribution in [-0.4, -0.2) is 11.7 Å². The number of benzene rings is 2. The van der Waals surface area contributed by atoms with Crippen molar-refractivity contribution in [3.63, 3.8) is 0 Å². The van der Waals surface area contributed by atoms with Crippen LogP contribution in [0, 0.1) is 13.8 Å². The summed E-state index contributed by atoms with van der Waals surface area (Å²) in [5.74, 6) is 1.41. The summed E-state index contributed by atoms with van der Waals surface area (Å²) in [7, 11) is 0. The molecule has 4 heteroatoms. The molecule has 1 atom stereocenters. The molecule has 2 aromatic rings. The normalized spacial score (nSPS) is 12.0. The molecule has 122 valence electrons. The summed E-state index contributed by atoms with van der Waals surface area (Å²) in [5, 5.41) is 3.09. The van der Waals surface area contributed by atoms with Gasteiger partial charge in [-0.05, 0) is 49.6 Å². The Labute approximate surface area is 151 Å². The number of aryl methyl sites for hydroxylation is 2. The minimum Gasteiger partial charge on any atom is -0.349 e. The van der Waals surface area contributed by atoms with Crippen molar-refractivity contribution in [3.8, 4) is 0 Å². The maximum atomic E-state index is 12.1. The number of rotatable bonds is 6. The lowest BCUT2D eigenvalue weighted by molar-refractivity contribution is -0.119. The maximum absolute atomic E-state index is 12.1. The van der Waals surface area contributed by atoms with E-state index in [1.54, 1.807) is 11.8 Å². The molecule has 0 bridgehead atoms. The Hall–Kier alpha value is -1.26. The first-order chi connectivity index (χ1) is 11.0. The first-order valence-electron chi connectivity index (χ1n) is 7.64. The van der Waals surface area contributed by atoms with E-state index in [2.05, 4.69) is 65.4 Å². The molecule has 2 aromatic carbocycles. The van der Waals surface area contributed by atoms with Crippen molar-refractivity contribution in [2.24, 2.45) is 0 Å².